The Hall–Kier alpha value is -1.68. The van der Waals surface area contributed by atoms with Crippen LogP contribution in [0.3, 0.4) is 0 Å². The zero-order valence-corrected chi connectivity index (χ0v) is 14.3. The van der Waals surface area contributed by atoms with E-state index in [9.17, 15) is 5.11 Å². The second kappa shape index (κ2) is 8.25. The summed E-state index contributed by atoms with van der Waals surface area (Å²) in [7, 11) is 0. The lowest BCUT2D eigenvalue weighted by Crippen LogP contribution is -1.97. The monoisotopic (exact) mass is 338 g/mol. The van der Waals surface area contributed by atoms with Gasteiger partial charge < -0.3 is 5.11 Å². The number of hydrogen-bond acceptors (Lipinski definition) is 3. The van der Waals surface area contributed by atoms with Gasteiger partial charge in [0, 0.05) is 9.79 Å². The zero-order chi connectivity index (χ0) is 15.9. The predicted molar refractivity (Wildman–Crippen MR) is 99.7 cm³/mol. The van der Waals surface area contributed by atoms with E-state index in [1.54, 1.807) is 0 Å². The third kappa shape index (κ3) is 4.41. The summed E-state index contributed by atoms with van der Waals surface area (Å²) in [6, 6.07) is 29.0. The lowest BCUT2D eigenvalue weighted by Gasteiger charge is -2.19. The van der Waals surface area contributed by atoms with E-state index in [-0.39, 0.29) is 11.2 Å². The zero-order valence-electron chi connectivity index (χ0n) is 12.6. The molecule has 0 aromatic heterocycles. The lowest BCUT2D eigenvalue weighted by molar-refractivity contribution is 0.281. The number of hydrogen-bond donors (Lipinski definition) is 1. The second-order valence-corrected chi connectivity index (χ2v) is 7.71. The normalized spacial score (nSPS) is 10.9. The molecule has 0 unspecified atom stereocenters. The van der Waals surface area contributed by atoms with Crippen molar-refractivity contribution in [1.82, 2.24) is 0 Å². The first kappa shape index (κ1) is 16.2. The van der Waals surface area contributed by atoms with Crippen LogP contribution in [0.4, 0.5) is 0 Å². The van der Waals surface area contributed by atoms with Crippen molar-refractivity contribution >= 4 is 23.5 Å². The highest BCUT2D eigenvalue weighted by atomic mass is 32.2. The third-order valence-electron chi connectivity index (χ3n) is 3.45. The summed E-state index contributed by atoms with van der Waals surface area (Å²) in [5.41, 5.74) is 2.17. The molecule has 0 atom stereocenters. The van der Waals surface area contributed by atoms with Crippen LogP contribution in [0, 0.1) is 0 Å². The average molecular weight is 338 g/mol. The summed E-state index contributed by atoms with van der Waals surface area (Å²) in [6.45, 7) is 0.0668. The van der Waals surface area contributed by atoms with Crippen LogP contribution in [0.5, 0.6) is 0 Å². The van der Waals surface area contributed by atoms with Gasteiger partial charge in [0.1, 0.15) is 0 Å². The molecule has 0 saturated heterocycles. The van der Waals surface area contributed by atoms with Gasteiger partial charge in [0.25, 0.3) is 0 Å². The molecule has 0 aliphatic carbocycles. The number of rotatable bonds is 6. The molecule has 0 saturated carbocycles. The largest absolute Gasteiger partial charge is 0.392 e. The second-order valence-electron chi connectivity index (χ2n) is 5.05. The maximum Gasteiger partial charge on any atom is 0.0849 e. The van der Waals surface area contributed by atoms with Crippen LogP contribution < -0.4 is 0 Å². The van der Waals surface area contributed by atoms with E-state index in [2.05, 4.69) is 54.6 Å². The smallest absolute Gasteiger partial charge is 0.0849 e. The van der Waals surface area contributed by atoms with Gasteiger partial charge in [-0.25, -0.2) is 0 Å². The van der Waals surface area contributed by atoms with Gasteiger partial charge in [0.05, 0.1) is 11.2 Å². The molecule has 3 aromatic carbocycles. The first-order valence-electron chi connectivity index (χ1n) is 7.49. The lowest BCUT2D eigenvalue weighted by atomic mass is 10.1. The Morgan fingerprint density at radius 2 is 1.13 bits per heavy atom. The molecule has 0 fully saturated rings. The van der Waals surface area contributed by atoms with Crippen molar-refractivity contribution in [1.29, 1.82) is 0 Å². The molecule has 116 valence electrons. The van der Waals surface area contributed by atoms with Crippen LogP contribution in [0.15, 0.2) is 94.7 Å². The molecule has 3 heteroatoms. The fourth-order valence-corrected chi connectivity index (χ4v) is 5.00. The molecule has 0 aliphatic rings. The summed E-state index contributed by atoms with van der Waals surface area (Å²) < 4.78 is 0.197. The van der Waals surface area contributed by atoms with E-state index >= 15 is 0 Å². The third-order valence-corrected chi connectivity index (χ3v) is 6.05. The van der Waals surface area contributed by atoms with E-state index in [0.717, 1.165) is 5.56 Å². The molecule has 1 nitrogen and oxygen atoms in total. The molecular weight excluding hydrogens is 320 g/mol. The first-order chi connectivity index (χ1) is 11.4. The Labute approximate surface area is 145 Å². The topological polar surface area (TPSA) is 20.2 Å². The van der Waals surface area contributed by atoms with Crippen molar-refractivity contribution in [3.8, 4) is 0 Å². The molecule has 0 bridgehead atoms. The Bertz CT molecular complexity index is 687. The van der Waals surface area contributed by atoms with Gasteiger partial charge in [-0.1, -0.05) is 60.7 Å². The molecule has 0 amide bonds. The highest BCUT2D eigenvalue weighted by molar-refractivity contribution is 8.16. The summed E-state index contributed by atoms with van der Waals surface area (Å²) >= 11 is 3.64. The average Bonchev–Trinajstić information content (AvgIpc) is 2.63. The quantitative estimate of drug-likeness (QED) is 0.455. The summed E-state index contributed by atoms with van der Waals surface area (Å²) in [5.74, 6) is 0. The van der Waals surface area contributed by atoms with Crippen molar-refractivity contribution in [3.05, 3.63) is 96.1 Å². The highest BCUT2D eigenvalue weighted by Gasteiger charge is 2.17. The van der Waals surface area contributed by atoms with Crippen LogP contribution in [0.1, 0.15) is 15.7 Å². The Balaban J connectivity index is 1.92. The molecule has 0 spiro atoms. The number of benzene rings is 3. The predicted octanol–water partition coefficient (Wildman–Crippen LogP) is 5.76. The van der Waals surface area contributed by atoms with Crippen molar-refractivity contribution < 1.29 is 5.11 Å². The standard InChI is InChI=1S/C20H18OS2/c21-15-16-9-7-8-14-19(16)20(22-17-10-3-1-4-11-17)23-18-12-5-2-6-13-18/h1-14,20-21H,15H2. The molecule has 0 radical (unpaired) electrons. The van der Waals surface area contributed by atoms with E-state index in [4.69, 9.17) is 0 Å². The fraction of sp³-hybridized carbons (Fsp3) is 0.100. The molecule has 0 aliphatic heterocycles. The Morgan fingerprint density at radius 1 is 0.652 bits per heavy atom. The van der Waals surface area contributed by atoms with E-state index in [0.29, 0.717) is 0 Å². The van der Waals surface area contributed by atoms with E-state index in [1.807, 2.05) is 53.9 Å². The SMILES string of the molecule is OCc1ccccc1C(Sc1ccccc1)Sc1ccccc1. The maximum atomic E-state index is 9.68. The first-order valence-corrected chi connectivity index (χ1v) is 9.25. The van der Waals surface area contributed by atoms with Gasteiger partial charge >= 0.3 is 0 Å². The van der Waals surface area contributed by atoms with Gasteiger partial charge in [0.15, 0.2) is 0 Å². The number of aliphatic hydroxyl groups is 1. The van der Waals surface area contributed by atoms with Crippen molar-refractivity contribution in [3.63, 3.8) is 0 Å². The molecule has 0 heterocycles. The van der Waals surface area contributed by atoms with Crippen LogP contribution in [-0.4, -0.2) is 5.11 Å². The maximum absolute atomic E-state index is 9.68. The highest BCUT2D eigenvalue weighted by Crippen LogP contribution is 2.47. The minimum atomic E-state index is 0.0668. The van der Waals surface area contributed by atoms with Crippen molar-refractivity contribution in [2.45, 2.75) is 21.0 Å². The Kier molecular flexibility index (Phi) is 5.81. The minimum absolute atomic E-state index is 0.0668. The van der Waals surface area contributed by atoms with Crippen LogP contribution in [0.25, 0.3) is 0 Å². The van der Waals surface area contributed by atoms with Crippen LogP contribution >= 0.6 is 23.5 Å². The molecule has 1 N–H and O–H groups in total. The van der Waals surface area contributed by atoms with E-state index in [1.165, 1.54) is 15.4 Å². The van der Waals surface area contributed by atoms with Gasteiger partial charge in [-0.2, -0.15) is 0 Å². The van der Waals surface area contributed by atoms with Crippen LogP contribution in [-0.2, 0) is 6.61 Å². The van der Waals surface area contributed by atoms with E-state index < -0.39 is 0 Å². The fourth-order valence-electron chi connectivity index (χ4n) is 2.30. The van der Waals surface area contributed by atoms with Gasteiger partial charge in [0.2, 0.25) is 0 Å². The van der Waals surface area contributed by atoms with Gasteiger partial charge in [-0.3, -0.25) is 0 Å². The summed E-state index contributed by atoms with van der Waals surface area (Å²) in [6.07, 6.45) is 0. The molecule has 3 aromatic rings. The molecule has 3 rings (SSSR count). The Morgan fingerprint density at radius 3 is 1.65 bits per heavy atom. The number of aliphatic hydroxyl groups excluding tert-OH is 1. The van der Waals surface area contributed by atoms with Crippen molar-refractivity contribution in [2.24, 2.45) is 0 Å². The van der Waals surface area contributed by atoms with Crippen LogP contribution in [0.2, 0.25) is 0 Å². The summed E-state index contributed by atoms with van der Waals surface area (Å²) in [5, 5.41) is 9.68. The molecular formula is C20H18OS2. The van der Waals surface area contributed by atoms with Crippen molar-refractivity contribution in [2.75, 3.05) is 0 Å². The van der Waals surface area contributed by atoms with Gasteiger partial charge in [-0.15, -0.1) is 23.5 Å². The minimum Gasteiger partial charge on any atom is -0.392 e. The molecule has 23 heavy (non-hydrogen) atoms. The van der Waals surface area contributed by atoms with Gasteiger partial charge in [-0.05, 0) is 35.4 Å². The summed E-state index contributed by atoms with van der Waals surface area (Å²) in [4.78, 5) is 2.46. The number of thioether (sulfide) groups is 2.